The SMILES string of the molecule is CC(C)(NP(=O)(OC[C@H]1O[C@@H](n2cccnc2=O)C[C@@H]1O)Oc1ccccc1)C(=O)OCc1ccccc1. The lowest BCUT2D eigenvalue weighted by Gasteiger charge is -2.30. The Morgan fingerprint density at radius 1 is 1.16 bits per heavy atom. The molecule has 1 saturated heterocycles. The van der Waals surface area contributed by atoms with Gasteiger partial charge in [-0.1, -0.05) is 48.5 Å². The number of para-hydroxylation sites is 1. The number of carbonyl (C=O) groups is 1. The molecule has 202 valence electrons. The first-order valence-electron chi connectivity index (χ1n) is 12.0. The van der Waals surface area contributed by atoms with Gasteiger partial charge >= 0.3 is 19.4 Å². The van der Waals surface area contributed by atoms with Gasteiger partial charge in [0.1, 0.15) is 30.2 Å². The molecule has 0 spiro atoms. The molecule has 0 saturated carbocycles. The summed E-state index contributed by atoms with van der Waals surface area (Å²) in [5, 5.41) is 13.2. The molecule has 11 nitrogen and oxygen atoms in total. The molecule has 12 heteroatoms. The number of nitrogens with one attached hydrogen (secondary N) is 1. The molecule has 2 N–H and O–H groups in total. The molecule has 1 aliphatic rings. The summed E-state index contributed by atoms with van der Waals surface area (Å²) in [5.41, 5.74) is -1.20. The summed E-state index contributed by atoms with van der Waals surface area (Å²) in [7, 11) is -4.22. The Morgan fingerprint density at radius 2 is 1.84 bits per heavy atom. The van der Waals surface area contributed by atoms with Crippen molar-refractivity contribution in [1.82, 2.24) is 14.6 Å². The fourth-order valence-corrected chi connectivity index (χ4v) is 5.47. The third-order valence-electron chi connectivity index (χ3n) is 5.77. The maximum Gasteiger partial charge on any atom is 0.459 e. The van der Waals surface area contributed by atoms with Gasteiger partial charge in [0.25, 0.3) is 0 Å². The molecule has 4 rings (SSSR count). The third kappa shape index (κ3) is 7.15. The molecule has 0 bridgehead atoms. The second-order valence-electron chi connectivity index (χ2n) is 9.24. The number of aliphatic hydroxyl groups is 1. The largest absolute Gasteiger partial charge is 0.459 e. The zero-order valence-corrected chi connectivity index (χ0v) is 21.9. The molecule has 0 amide bonds. The number of nitrogens with zero attached hydrogens (tertiary/aromatic N) is 2. The van der Waals surface area contributed by atoms with Crippen molar-refractivity contribution in [3.05, 3.63) is 95.2 Å². The first kappa shape index (κ1) is 27.7. The van der Waals surface area contributed by atoms with Crippen LogP contribution in [0.5, 0.6) is 5.75 Å². The van der Waals surface area contributed by atoms with Crippen LogP contribution < -0.4 is 15.3 Å². The third-order valence-corrected chi connectivity index (χ3v) is 7.54. The van der Waals surface area contributed by atoms with Crippen molar-refractivity contribution in [3.8, 4) is 5.75 Å². The normalized spacial score (nSPS) is 21.0. The average Bonchev–Trinajstić information content (AvgIpc) is 3.27. The average molecular weight is 544 g/mol. The van der Waals surface area contributed by atoms with Crippen LogP contribution in [0.25, 0.3) is 0 Å². The van der Waals surface area contributed by atoms with E-state index < -0.39 is 43.4 Å². The Balaban J connectivity index is 1.45. The Kier molecular flexibility index (Phi) is 8.76. The first-order valence-corrected chi connectivity index (χ1v) is 13.6. The van der Waals surface area contributed by atoms with Crippen molar-refractivity contribution >= 4 is 13.7 Å². The van der Waals surface area contributed by atoms with E-state index in [0.717, 1.165) is 5.56 Å². The number of aliphatic hydroxyl groups excluding tert-OH is 1. The minimum atomic E-state index is -4.22. The number of esters is 1. The molecule has 1 unspecified atom stereocenters. The Bertz CT molecular complexity index is 1320. The number of ether oxygens (including phenoxy) is 2. The van der Waals surface area contributed by atoms with Crippen molar-refractivity contribution in [2.45, 2.75) is 50.8 Å². The lowest BCUT2D eigenvalue weighted by molar-refractivity contribution is -0.151. The predicted molar refractivity (Wildman–Crippen MR) is 137 cm³/mol. The second kappa shape index (κ2) is 12.0. The fraction of sp³-hybridized carbons (Fsp3) is 0.346. The highest BCUT2D eigenvalue weighted by molar-refractivity contribution is 7.52. The van der Waals surface area contributed by atoms with Crippen molar-refractivity contribution in [1.29, 1.82) is 0 Å². The molecule has 0 aliphatic carbocycles. The van der Waals surface area contributed by atoms with Crippen LogP contribution in [0.2, 0.25) is 0 Å². The minimum Gasteiger partial charge on any atom is -0.459 e. The van der Waals surface area contributed by atoms with Crippen LogP contribution in [0.1, 0.15) is 32.1 Å². The number of carbonyl (C=O) groups excluding carboxylic acids is 1. The van der Waals surface area contributed by atoms with E-state index in [1.165, 1.54) is 30.8 Å². The fourth-order valence-electron chi connectivity index (χ4n) is 3.79. The topological polar surface area (TPSA) is 138 Å². The van der Waals surface area contributed by atoms with Crippen LogP contribution >= 0.6 is 7.75 Å². The molecule has 1 aliphatic heterocycles. The Labute approximate surface area is 219 Å². The number of hydrogen-bond donors (Lipinski definition) is 2. The van der Waals surface area contributed by atoms with E-state index in [0.29, 0.717) is 0 Å². The molecule has 1 fully saturated rings. The molecule has 2 heterocycles. The summed E-state index contributed by atoms with van der Waals surface area (Å²) in [6.45, 7) is 2.68. The van der Waals surface area contributed by atoms with Gasteiger partial charge in [-0.15, -0.1) is 0 Å². The van der Waals surface area contributed by atoms with E-state index in [4.69, 9.17) is 18.5 Å². The van der Waals surface area contributed by atoms with Crippen LogP contribution in [-0.4, -0.2) is 45.0 Å². The van der Waals surface area contributed by atoms with E-state index >= 15 is 0 Å². The van der Waals surface area contributed by atoms with Gasteiger partial charge in [0.15, 0.2) is 0 Å². The molecule has 0 radical (unpaired) electrons. The van der Waals surface area contributed by atoms with Gasteiger partial charge in [-0.2, -0.15) is 5.09 Å². The highest BCUT2D eigenvalue weighted by Gasteiger charge is 2.43. The van der Waals surface area contributed by atoms with Gasteiger partial charge in [-0.25, -0.2) is 14.3 Å². The lowest BCUT2D eigenvalue weighted by Crippen LogP contribution is -2.47. The van der Waals surface area contributed by atoms with Gasteiger partial charge in [0, 0.05) is 18.8 Å². The van der Waals surface area contributed by atoms with E-state index in [9.17, 15) is 19.3 Å². The number of hydrogen-bond acceptors (Lipinski definition) is 9. The van der Waals surface area contributed by atoms with Crippen LogP contribution in [0.15, 0.2) is 83.9 Å². The second-order valence-corrected chi connectivity index (χ2v) is 10.9. The monoisotopic (exact) mass is 543 g/mol. The summed E-state index contributed by atoms with van der Waals surface area (Å²) in [5.74, 6) is -0.431. The van der Waals surface area contributed by atoms with E-state index in [1.807, 2.05) is 30.3 Å². The van der Waals surface area contributed by atoms with Crippen LogP contribution in [0.4, 0.5) is 0 Å². The van der Waals surface area contributed by atoms with Crippen LogP contribution in [0, 0.1) is 0 Å². The highest BCUT2D eigenvalue weighted by Crippen LogP contribution is 2.47. The van der Waals surface area contributed by atoms with Crippen molar-refractivity contribution in [2.75, 3.05) is 6.61 Å². The Morgan fingerprint density at radius 3 is 2.53 bits per heavy atom. The molecule has 4 atom stereocenters. The summed E-state index contributed by atoms with van der Waals surface area (Å²) < 4.78 is 37.7. The number of benzene rings is 2. The minimum absolute atomic E-state index is 0.0344. The van der Waals surface area contributed by atoms with Crippen LogP contribution in [0.3, 0.4) is 0 Å². The molecule has 38 heavy (non-hydrogen) atoms. The lowest BCUT2D eigenvalue weighted by atomic mass is 10.1. The van der Waals surface area contributed by atoms with Gasteiger partial charge in [-0.3, -0.25) is 13.9 Å². The zero-order chi connectivity index (χ0) is 27.2. The van der Waals surface area contributed by atoms with Gasteiger partial charge in [0.2, 0.25) is 0 Å². The van der Waals surface area contributed by atoms with Crippen molar-refractivity contribution in [2.24, 2.45) is 0 Å². The van der Waals surface area contributed by atoms with Crippen LogP contribution in [-0.2, 0) is 30.0 Å². The molecule has 3 aromatic rings. The van der Waals surface area contributed by atoms with Gasteiger partial charge in [0.05, 0.1) is 12.7 Å². The molecule has 2 aromatic carbocycles. The van der Waals surface area contributed by atoms with E-state index in [2.05, 4.69) is 10.1 Å². The van der Waals surface area contributed by atoms with Gasteiger partial charge in [-0.05, 0) is 37.6 Å². The first-order chi connectivity index (χ1) is 18.2. The zero-order valence-electron chi connectivity index (χ0n) is 21.0. The standard InChI is InChI=1S/C26H30N3O8P/c1-26(2,24(31)34-17-19-10-5-3-6-11-19)28-38(33,37-20-12-7-4-8-13-20)35-18-22-21(30)16-23(36-22)29-15-9-14-27-25(29)32/h3-15,21-23,30H,16-18H2,1-2H3,(H,28,33)/t21-,22+,23+,38?/m0/s1. The quantitative estimate of drug-likeness (QED) is 0.274. The summed E-state index contributed by atoms with van der Waals surface area (Å²) in [4.78, 5) is 28.6. The van der Waals surface area contributed by atoms with E-state index in [-0.39, 0.29) is 25.4 Å². The summed E-state index contributed by atoms with van der Waals surface area (Å²) >= 11 is 0. The smallest absolute Gasteiger partial charge is 0.459 e. The maximum atomic E-state index is 13.9. The molecule has 1 aromatic heterocycles. The van der Waals surface area contributed by atoms with Gasteiger partial charge < -0.3 is 19.1 Å². The van der Waals surface area contributed by atoms with Crippen molar-refractivity contribution in [3.63, 3.8) is 0 Å². The molecular formula is C26H30N3O8P. The van der Waals surface area contributed by atoms with Crippen molar-refractivity contribution < 1.29 is 33.0 Å². The Hall–Kier alpha value is -3.34. The summed E-state index contributed by atoms with van der Waals surface area (Å²) in [6, 6.07) is 19.1. The number of rotatable bonds is 11. The summed E-state index contributed by atoms with van der Waals surface area (Å²) in [6.07, 6.45) is 0.265. The molecular weight excluding hydrogens is 513 g/mol. The highest BCUT2D eigenvalue weighted by atomic mass is 31.2. The predicted octanol–water partition coefficient (Wildman–Crippen LogP) is 3.21. The van der Waals surface area contributed by atoms with E-state index in [1.54, 1.807) is 36.4 Å². The number of aromatic nitrogens is 2. The maximum absolute atomic E-state index is 13.9.